The van der Waals surface area contributed by atoms with Crippen molar-refractivity contribution >= 4 is 29.7 Å². The second-order valence-corrected chi connectivity index (χ2v) is 7.32. The molecule has 1 aliphatic heterocycles. The number of amides is 2. The van der Waals surface area contributed by atoms with Crippen LogP contribution in [0.25, 0.3) is 11.1 Å². The summed E-state index contributed by atoms with van der Waals surface area (Å²) in [6, 6.07) is 8.13. The maximum Gasteiger partial charge on any atom is 0.414 e. The van der Waals surface area contributed by atoms with Crippen molar-refractivity contribution in [2.75, 3.05) is 42.9 Å². The van der Waals surface area contributed by atoms with E-state index in [9.17, 15) is 14.0 Å². The van der Waals surface area contributed by atoms with Crippen LogP contribution in [0.4, 0.5) is 20.7 Å². The van der Waals surface area contributed by atoms with Gasteiger partial charge in [-0.1, -0.05) is 0 Å². The number of carbonyl (C=O) groups is 2. The van der Waals surface area contributed by atoms with Gasteiger partial charge in [0, 0.05) is 43.9 Å². The van der Waals surface area contributed by atoms with Crippen LogP contribution >= 0.6 is 0 Å². The number of pyridine rings is 1. The van der Waals surface area contributed by atoms with Gasteiger partial charge >= 0.3 is 6.09 Å². The smallest absolute Gasteiger partial charge is 0.414 e. The molecule has 0 radical (unpaired) electrons. The Morgan fingerprint density at radius 2 is 2.16 bits per heavy atom. The van der Waals surface area contributed by atoms with E-state index in [2.05, 4.69) is 20.9 Å². The second kappa shape index (κ2) is 11.2. The Kier molecular flexibility index (Phi) is 8.09. The molecule has 9 nitrogen and oxygen atoms in total. The average Bonchev–Trinajstić information content (AvgIpc) is 3.16. The van der Waals surface area contributed by atoms with Gasteiger partial charge in [-0.3, -0.25) is 9.69 Å². The zero-order chi connectivity index (χ0) is 22.9. The molecular weight excluding hydrogens is 415 g/mol. The molecule has 0 spiro atoms. The van der Waals surface area contributed by atoms with Crippen LogP contribution in [0.3, 0.4) is 0 Å². The predicted molar refractivity (Wildman–Crippen MR) is 121 cm³/mol. The maximum absolute atomic E-state index is 14.8. The lowest BCUT2D eigenvalue weighted by Crippen LogP contribution is -2.33. The summed E-state index contributed by atoms with van der Waals surface area (Å²) >= 11 is 0. The average molecular weight is 442 g/mol. The van der Waals surface area contributed by atoms with Gasteiger partial charge in [-0.2, -0.15) is 0 Å². The minimum absolute atomic E-state index is 0.208. The molecule has 1 fully saturated rings. The second-order valence-electron chi connectivity index (χ2n) is 7.32. The number of nitrogens with one attached hydrogen (secondary N) is 4. The van der Waals surface area contributed by atoms with Crippen molar-refractivity contribution in [1.29, 1.82) is 5.41 Å². The number of hydrogen-bond donors (Lipinski definition) is 4. The Morgan fingerprint density at radius 3 is 2.84 bits per heavy atom. The zero-order valence-corrected chi connectivity index (χ0v) is 17.9. The highest BCUT2D eigenvalue weighted by Gasteiger charge is 2.32. The van der Waals surface area contributed by atoms with Gasteiger partial charge < -0.3 is 26.1 Å². The van der Waals surface area contributed by atoms with E-state index >= 15 is 0 Å². The Bertz CT molecular complexity index is 953. The lowest BCUT2D eigenvalue weighted by Gasteiger charge is -2.14. The molecule has 0 saturated carbocycles. The summed E-state index contributed by atoms with van der Waals surface area (Å²) in [5.74, 6) is 0.00335. The lowest BCUT2D eigenvalue weighted by molar-refractivity contribution is -0.119. The van der Waals surface area contributed by atoms with E-state index in [1.54, 1.807) is 30.5 Å². The highest BCUT2D eigenvalue weighted by molar-refractivity contribution is 5.90. The molecule has 2 heterocycles. The van der Waals surface area contributed by atoms with Gasteiger partial charge in [0.1, 0.15) is 17.7 Å². The number of anilines is 2. The Labute approximate surface area is 185 Å². The largest absolute Gasteiger partial charge is 0.442 e. The van der Waals surface area contributed by atoms with E-state index in [0.717, 1.165) is 13.1 Å². The van der Waals surface area contributed by atoms with Crippen LogP contribution in [0.15, 0.2) is 36.5 Å². The first-order chi connectivity index (χ1) is 15.5. The van der Waals surface area contributed by atoms with Gasteiger partial charge in [-0.25, -0.2) is 14.2 Å². The summed E-state index contributed by atoms with van der Waals surface area (Å²) in [6.45, 7) is 4.03. The van der Waals surface area contributed by atoms with Crippen molar-refractivity contribution in [2.24, 2.45) is 0 Å². The molecule has 1 saturated heterocycles. The van der Waals surface area contributed by atoms with E-state index in [-0.39, 0.29) is 19.0 Å². The standard InChI is InChI=1S/C22H27FN6O3/c1-15(30)27-13-18-14-29(22(31)32-18)17-4-5-19(20(23)11-17)16-3-6-21(28-12-16)26-10-9-25-8-2-7-24/h3-7,11-12,18,24-25H,2,8-10,13-14H2,1H3,(H,26,28)(H,27,30). The van der Waals surface area contributed by atoms with Gasteiger partial charge in [0.05, 0.1) is 18.8 Å². The van der Waals surface area contributed by atoms with Crippen molar-refractivity contribution in [3.63, 3.8) is 0 Å². The van der Waals surface area contributed by atoms with Crippen LogP contribution < -0.4 is 20.9 Å². The van der Waals surface area contributed by atoms with E-state index < -0.39 is 18.0 Å². The topological polar surface area (TPSA) is 119 Å². The van der Waals surface area contributed by atoms with Gasteiger partial charge in [0.2, 0.25) is 5.91 Å². The molecule has 1 aromatic carbocycles. The number of halogens is 1. The Morgan fingerprint density at radius 1 is 1.31 bits per heavy atom. The van der Waals surface area contributed by atoms with Crippen LogP contribution in [0.2, 0.25) is 0 Å². The summed E-state index contributed by atoms with van der Waals surface area (Å²) < 4.78 is 20.0. The third kappa shape index (κ3) is 6.24. The summed E-state index contributed by atoms with van der Waals surface area (Å²) in [5, 5.41) is 16.0. The molecule has 2 amide bonds. The molecule has 1 unspecified atom stereocenters. The number of benzene rings is 1. The fourth-order valence-corrected chi connectivity index (χ4v) is 3.24. The normalized spacial score (nSPS) is 15.4. The molecule has 2 aromatic rings. The summed E-state index contributed by atoms with van der Waals surface area (Å²) in [5.41, 5.74) is 1.39. The molecule has 32 heavy (non-hydrogen) atoms. The quantitative estimate of drug-likeness (QED) is 0.313. The first kappa shape index (κ1) is 23.1. The van der Waals surface area contributed by atoms with E-state index in [0.29, 0.717) is 35.6 Å². The zero-order valence-electron chi connectivity index (χ0n) is 17.9. The first-order valence-electron chi connectivity index (χ1n) is 10.4. The summed E-state index contributed by atoms with van der Waals surface area (Å²) in [6.07, 6.45) is 2.61. The predicted octanol–water partition coefficient (Wildman–Crippen LogP) is 2.39. The molecule has 1 aromatic heterocycles. The molecule has 1 atom stereocenters. The lowest BCUT2D eigenvalue weighted by atomic mass is 10.1. The van der Waals surface area contributed by atoms with Crippen LogP contribution in [0.1, 0.15) is 13.3 Å². The van der Waals surface area contributed by atoms with Crippen molar-refractivity contribution in [3.8, 4) is 11.1 Å². The molecule has 170 valence electrons. The van der Waals surface area contributed by atoms with Crippen LogP contribution in [-0.4, -0.2) is 62.0 Å². The van der Waals surface area contributed by atoms with Crippen molar-refractivity contribution in [3.05, 3.63) is 42.3 Å². The third-order valence-corrected chi connectivity index (χ3v) is 4.86. The van der Waals surface area contributed by atoms with Crippen LogP contribution in [-0.2, 0) is 9.53 Å². The number of cyclic esters (lactones) is 1. The minimum atomic E-state index is -0.572. The summed E-state index contributed by atoms with van der Waals surface area (Å²) in [4.78, 5) is 28.8. The van der Waals surface area contributed by atoms with E-state index in [1.807, 2.05) is 0 Å². The van der Waals surface area contributed by atoms with Crippen molar-refractivity contribution in [2.45, 2.75) is 19.4 Å². The fourth-order valence-electron chi connectivity index (χ4n) is 3.24. The van der Waals surface area contributed by atoms with Crippen molar-refractivity contribution in [1.82, 2.24) is 15.6 Å². The molecule has 1 aliphatic rings. The van der Waals surface area contributed by atoms with Gasteiger partial charge in [0.15, 0.2) is 0 Å². The first-order valence-corrected chi connectivity index (χ1v) is 10.4. The third-order valence-electron chi connectivity index (χ3n) is 4.86. The SMILES string of the molecule is CC(=O)NCC1CN(c2ccc(-c3ccc(NCCNCCC=N)nc3)c(F)c2)C(=O)O1. The number of nitrogens with zero attached hydrogens (tertiary/aromatic N) is 2. The van der Waals surface area contributed by atoms with Crippen LogP contribution in [0.5, 0.6) is 0 Å². The molecule has 3 rings (SSSR count). The number of aromatic nitrogens is 1. The van der Waals surface area contributed by atoms with E-state index in [4.69, 9.17) is 10.1 Å². The van der Waals surface area contributed by atoms with Crippen LogP contribution in [0, 0.1) is 11.2 Å². The molecule has 0 aliphatic carbocycles. The summed E-state index contributed by atoms with van der Waals surface area (Å²) in [7, 11) is 0. The highest BCUT2D eigenvalue weighted by atomic mass is 19.1. The number of rotatable bonds is 11. The van der Waals surface area contributed by atoms with Gasteiger partial charge in [0.25, 0.3) is 0 Å². The fraction of sp³-hybridized carbons (Fsp3) is 0.364. The Hall–Kier alpha value is -3.53. The number of carbonyl (C=O) groups excluding carboxylic acids is 2. The van der Waals surface area contributed by atoms with E-state index in [1.165, 1.54) is 24.1 Å². The Balaban J connectivity index is 1.58. The highest BCUT2D eigenvalue weighted by Crippen LogP contribution is 2.29. The molecule has 0 bridgehead atoms. The minimum Gasteiger partial charge on any atom is -0.442 e. The number of ether oxygens (including phenoxy) is 1. The molecule has 4 N–H and O–H groups in total. The van der Waals surface area contributed by atoms with Crippen molar-refractivity contribution < 1.29 is 18.7 Å². The van der Waals surface area contributed by atoms with Gasteiger partial charge in [-0.15, -0.1) is 0 Å². The molecular formula is C22H27FN6O3. The number of hydrogen-bond acceptors (Lipinski definition) is 7. The van der Waals surface area contributed by atoms with Gasteiger partial charge in [-0.05, 0) is 43.0 Å². The monoisotopic (exact) mass is 442 g/mol. The molecule has 10 heteroatoms. The maximum atomic E-state index is 14.8.